The fraction of sp³-hybridized carbons (Fsp3) is 0.571. The average molecular weight is 512 g/mol. The standard InChI is InChI=1S/C21H24Br2N2O3/c1-12-5-7-24(8-6-12)19(26)13-3-2-4-14(9-13)25-20(27)15-10-17(22)18(23)11-16(15)21(25)28/h2-4,9,12,15-18H,5-8,10-11H2,1H3/t15-,16+,17-,18-/m0/s1. The molecule has 2 heterocycles. The van der Waals surface area contributed by atoms with E-state index in [9.17, 15) is 14.4 Å². The number of alkyl halides is 2. The molecule has 1 aromatic rings. The van der Waals surface area contributed by atoms with Crippen molar-refractivity contribution in [2.24, 2.45) is 17.8 Å². The fourth-order valence-corrected chi connectivity index (χ4v) is 5.76. The molecular formula is C21H24Br2N2O3. The molecule has 1 aromatic carbocycles. The summed E-state index contributed by atoms with van der Waals surface area (Å²) in [6.07, 6.45) is 3.32. The molecule has 2 aliphatic heterocycles. The highest BCUT2D eigenvalue weighted by atomic mass is 79.9. The molecule has 0 spiro atoms. The summed E-state index contributed by atoms with van der Waals surface area (Å²) >= 11 is 7.23. The molecule has 4 atom stereocenters. The van der Waals surface area contributed by atoms with Gasteiger partial charge in [-0.3, -0.25) is 19.3 Å². The number of piperidine rings is 1. The molecule has 28 heavy (non-hydrogen) atoms. The van der Waals surface area contributed by atoms with Gasteiger partial charge in [0.05, 0.1) is 17.5 Å². The van der Waals surface area contributed by atoms with Crippen LogP contribution in [0.3, 0.4) is 0 Å². The second-order valence-corrected chi connectivity index (χ2v) is 10.6. The number of imide groups is 1. The van der Waals surface area contributed by atoms with E-state index >= 15 is 0 Å². The minimum Gasteiger partial charge on any atom is -0.339 e. The smallest absolute Gasteiger partial charge is 0.253 e. The molecule has 1 aliphatic carbocycles. The molecule has 3 aliphatic rings. The van der Waals surface area contributed by atoms with Crippen molar-refractivity contribution in [2.45, 2.75) is 42.3 Å². The first-order chi connectivity index (χ1) is 13.4. The van der Waals surface area contributed by atoms with Crippen LogP contribution in [0.2, 0.25) is 0 Å². The number of hydrogen-bond acceptors (Lipinski definition) is 3. The third-order valence-electron chi connectivity index (χ3n) is 6.33. The number of benzene rings is 1. The van der Waals surface area contributed by atoms with Crippen molar-refractivity contribution in [3.8, 4) is 0 Å². The van der Waals surface area contributed by atoms with E-state index in [4.69, 9.17) is 0 Å². The van der Waals surface area contributed by atoms with Crippen molar-refractivity contribution < 1.29 is 14.4 Å². The lowest BCUT2D eigenvalue weighted by atomic mass is 9.81. The van der Waals surface area contributed by atoms with Crippen LogP contribution in [0.5, 0.6) is 0 Å². The van der Waals surface area contributed by atoms with Gasteiger partial charge in [-0.2, -0.15) is 0 Å². The molecule has 1 saturated carbocycles. The van der Waals surface area contributed by atoms with Gasteiger partial charge in [0.25, 0.3) is 5.91 Å². The highest BCUT2D eigenvalue weighted by molar-refractivity contribution is 9.12. The Kier molecular flexibility index (Phi) is 5.67. The van der Waals surface area contributed by atoms with Crippen LogP contribution < -0.4 is 4.90 Å². The van der Waals surface area contributed by atoms with E-state index < -0.39 is 0 Å². The molecule has 2 saturated heterocycles. The van der Waals surface area contributed by atoms with Crippen LogP contribution in [-0.2, 0) is 9.59 Å². The van der Waals surface area contributed by atoms with Crippen LogP contribution >= 0.6 is 31.9 Å². The molecule has 5 nitrogen and oxygen atoms in total. The van der Waals surface area contributed by atoms with Gasteiger partial charge >= 0.3 is 0 Å². The summed E-state index contributed by atoms with van der Waals surface area (Å²) in [4.78, 5) is 42.4. The molecule has 0 N–H and O–H groups in total. The number of nitrogens with zero attached hydrogens (tertiary/aromatic N) is 2. The summed E-state index contributed by atoms with van der Waals surface area (Å²) in [6, 6.07) is 6.98. The van der Waals surface area contributed by atoms with Crippen molar-refractivity contribution >= 4 is 55.3 Å². The van der Waals surface area contributed by atoms with Gasteiger partial charge in [0.2, 0.25) is 11.8 Å². The topological polar surface area (TPSA) is 57.7 Å². The van der Waals surface area contributed by atoms with E-state index in [-0.39, 0.29) is 39.2 Å². The number of hydrogen-bond donors (Lipinski definition) is 0. The van der Waals surface area contributed by atoms with Crippen molar-refractivity contribution in [1.29, 1.82) is 0 Å². The zero-order valence-electron chi connectivity index (χ0n) is 15.8. The minimum absolute atomic E-state index is 0.0219. The summed E-state index contributed by atoms with van der Waals surface area (Å²) < 4.78 is 0. The Labute approximate surface area is 182 Å². The fourth-order valence-electron chi connectivity index (χ4n) is 4.52. The lowest BCUT2D eigenvalue weighted by Crippen LogP contribution is -2.38. The van der Waals surface area contributed by atoms with Gasteiger partial charge in [-0.05, 0) is 49.8 Å². The Bertz CT molecular complexity index is 779. The number of anilines is 1. The second kappa shape index (κ2) is 7.90. The molecule has 3 amide bonds. The Morgan fingerprint density at radius 2 is 1.57 bits per heavy atom. The van der Waals surface area contributed by atoms with Gasteiger partial charge in [0.1, 0.15) is 0 Å². The van der Waals surface area contributed by atoms with Crippen molar-refractivity contribution in [2.75, 3.05) is 18.0 Å². The Balaban J connectivity index is 1.57. The van der Waals surface area contributed by atoms with Crippen LogP contribution in [0.4, 0.5) is 5.69 Å². The summed E-state index contributed by atoms with van der Waals surface area (Å²) in [5, 5.41) is 0. The van der Waals surface area contributed by atoms with Gasteiger partial charge in [-0.25, -0.2) is 0 Å². The number of carbonyl (C=O) groups is 3. The molecule has 0 unspecified atom stereocenters. The maximum atomic E-state index is 13.0. The molecule has 3 fully saturated rings. The molecule has 0 bridgehead atoms. The Morgan fingerprint density at radius 3 is 2.14 bits per heavy atom. The SMILES string of the molecule is CC1CCN(C(=O)c2cccc(N3C(=O)[C@H]4C[C@H](Br)[C@@H](Br)C[C@H]4C3=O)c2)CC1. The molecule has 0 radical (unpaired) electrons. The number of halogens is 2. The highest BCUT2D eigenvalue weighted by Crippen LogP contribution is 2.44. The Hall–Kier alpha value is -1.21. The average Bonchev–Trinajstić information content (AvgIpc) is 2.92. The number of carbonyl (C=O) groups excluding carboxylic acids is 3. The van der Waals surface area contributed by atoms with Crippen molar-refractivity contribution in [3.05, 3.63) is 29.8 Å². The summed E-state index contributed by atoms with van der Waals surface area (Å²) in [5.74, 6) is -0.228. The van der Waals surface area contributed by atoms with E-state index in [1.807, 2.05) is 4.90 Å². The number of likely N-dealkylation sites (tertiary alicyclic amines) is 1. The normalized spacial score (nSPS) is 31.2. The van der Waals surface area contributed by atoms with Crippen molar-refractivity contribution in [1.82, 2.24) is 4.90 Å². The monoisotopic (exact) mass is 510 g/mol. The third-order valence-corrected chi connectivity index (χ3v) is 9.07. The van der Waals surface area contributed by atoms with Crippen LogP contribution in [0.15, 0.2) is 24.3 Å². The maximum Gasteiger partial charge on any atom is 0.253 e. The quantitative estimate of drug-likeness (QED) is 0.445. The summed E-state index contributed by atoms with van der Waals surface area (Å²) in [6.45, 7) is 3.73. The third kappa shape index (κ3) is 3.56. The van der Waals surface area contributed by atoms with Crippen LogP contribution in [-0.4, -0.2) is 45.4 Å². The lowest BCUT2D eigenvalue weighted by Gasteiger charge is -2.30. The van der Waals surface area contributed by atoms with E-state index in [2.05, 4.69) is 38.8 Å². The zero-order valence-corrected chi connectivity index (χ0v) is 19.0. The van der Waals surface area contributed by atoms with Gasteiger partial charge in [-0.1, -0.05) is 44.8 Å². The van der Waals surface area contributed by atoms with E-state index in [1.54, 1.807) is 24.3 Å². The van der Waals surface area contributed by atoms with E-state index in [0.717, 1.165) is 25.9 Å². The molecule has 0 aromatic heterocycles. The van der Waals surface area contributed by atoms with Crippen LogP contribution in [0.25, 0.3) is 0 Å². The van der Waals surface area contributed by atoms with Gasteiger partial charge in [-0.15, -0.1) is 0 Å². The van der Waals surface area contributed by atoms with E-state index in [0.29, 0.717) is 30.0 Å². The van der Waals surface area contributed by atoms with Gasteiger partial charge in [0.15, 0.2) is 0 Å². The maximum absolute atomic E-state index is 13.0. The summed E-state index contributed by atoms with van der Waals surface area (Å²) in [5.41, 5.74) is 1.05. The predicted octanol–water partition coefficient (Wildman–Crippen LogP) is 3.99. The number of fused-ring (bicyclic) bond motifs is 1. The number of amides is 3. The minimum atomic E-state index is -0.284. The highest BCUT2D eigenvalue weighted by Gasteiger charge is 2.52. The first kappa shape index (κ1) is 20.1. The van der Waals surface area contributed by atoms with Crippen molar-refractivity contribution in [3.63, 3.8) is 0 Å². The molecule has 150 valence electrons. The van der Waals surface area contributed by atoms with Crippen LogP contribution in [0.1, 0.15) is 43.0 Å². The molecule has 7 heteroatoms. The first-order valence-electron chi connectivity index (χ1n) is 9.92. The Morgan fingerprint density at radius 1 is 1.00 bits per heavy atom. The van der Waals surface area contributed by atoms with E-state index in [1.165, 1.54) is 4.90 Å². The van der Waals surface area contributed by atoms with Gasteiger partial charge < -0.3 is 4.90 Å². The lowest BCUT2D eigenvalue weighted by molar-refractivity contribution is -0.122. The molecular weight excluding hydrogens is 488 g/mol. The second-order valence-electron chi connectivity index (χ2n) is 8.25. The van der Waals surface area contributed by atoms with Gasteiger partial charge in [0, 0.05) is 28.3 Å². The summed E-state index contributed by atoms with van der Waals surface area (Å²) in [7, 11) is 0. The predicted molar refractivity (Wildman–Crippen MR) is 115 cm³/mol. The largest absolute Gasteiger partial charge is 0.339 e. The molecule has 4 rings (SSSR count). The van der Waals surface area contributed by atoms with Crippen LogP contribution in [0, 0.1) is 17.8 Å². The number of rotatable bonds is 2. The zero-order chi connectivity index (χ0) is 20.0. The first-order valence-corrected chi connectivity index (χ1v) is 11.7.